The second kappa shape index (κ2) is 13.9. The molecule has 0 aliphatic heterocycles. The number of benzene rings is 2. The number of anilines is 2. The Hall–Kier alpha value is -4.03. The summed E-state index contributed by atoms with van der Waals surface area (Å²) in [6.45, 7) is 5.69. The molecule has 2 aromatic carbocycles. The Kier molecular flexibility index (Phi) is 10.6. The van der Waals surface area contributed by atoms with Gasteiger partial charge < -0.3 is 30.3 Å². The third-order valence-corrected chi connectivity index (χ3v) is 6.09. The zero-order valence-electron chi connectivity index (χ0n) is 22.1. The lowest BCUT2D eigenvalue weighted by molar-refractivity contribution is -0.139. The van der Waals surface area contributed by atoms with Gasteiger partial charge in [-0.15, -0.1) is 0 Å². The molecule has 0 saturated carbocycles. The Balaban J connectivity index is 1.72. The first-order valence-corrected chi connectivity index (χ1v) is 12.7. The third-order valence-electron chi connectivity index (χ3n) is 5.72. The number of ether oxygens (including phenoxy) is 2. The normalized spacial score (nSPS) is 11.2. The lowest BCUT2D eigenvalue weighted by atomic mass is 10.1. The number of nitrogens with one attached hydrogen (secondary N) is 3. The van der Waals surface area contributed by atoms with Crippen LogP contribution in [0.4, 0.5) is 29.3 Å². The van der Waals surface area contributed by atoms with Crippen LogP contribution in [0.3, 0.4) is 0 Å². The number of halogens is 4. The minimum absolute atomic E-state index is 0.0188. The van der Waals surface area contributed by atoms with Crippen molar-refractivity contribution in [2.75, 3.05) is 43.9 Å². The van der Waals surface area contributed by atoms with Crippen LogP contribution in [0, 0.1) is 0 Å². The van der Waals surface area contributed by atoms with E-state index in [0.29, 0.717) is 36.8 Å². The quantitative estimate of drug-likeness (QED) is 0.247. The van der Waals surface area contributed by atoms with Gasteiger partial charge in [-0.25, -0.2) is 4.79 Å². The fraction of sp³-hybridized carbons (Fsp3) is 0.296. The van der Waals surface area contributed by atoms with Gasteiger partial charge >= 0.3 is 12.2 Å². The highest BCUT2D eigenvalue weighted by molar-refractivity contribution is 6.35. The maximum atomic E-state index is 13.6. The largest absolute Gasteiger partial charge is 0.490 e. The first kappa shape index (κ1) is 30.5. The number of alkyl halides is 3. The summed E-state index contributed by atoms with van der Waals surface area (Å²) < 4.78 is 52.1. The number of pyridine rings is 1. The van der Waals surface area contributed by atoms with Crippen LogP contribution in [0.2, 0.25) is 5.02 Å². The van der Waals surface area contributed by atoms with Crippen molar-refractivity contribution in [3.63, 3.8) is 0 Å². The standard InChI is InChI=1S/C27H29ClF3N5O4/c1-4-36(5-2)13-14-39-24-20(27(29,30)31)9-10-21(23(24)28)35-26(38)34-17-7-6-8-18(15-17)40-19-11-12-33-22(16-19)25(37)32-3/h6-12,15-16H,4-5,13-14H2,1-3H3,(H,32,37)(H2,34,35,38). The maximum Gasteiger partial charge on any atom is 0.420 e. The molecule has 40 heavy (non-hydrogen) atoms. The van der Waals surface area contributed by atoms with Gasteiger partial charge in [-0.1, -0.05) is 31.5 Å². The molecule has 3 amide bonds. The minimum atomic E-state index is -4.70. The van der Waals surface area contributed by atoms with Gasteiger partial charge in [0.25, 0.3) is 5.91 Å². The van der Waals surface area contributed by atoms with Crippen molar-refractivity contribution in [3.8, 4) is 17.2 Å². The molecule has 1 aromatic heterocycles. The summed E-state index contributed by atoms with van der Waals surface area (Å²) in [5.41, 5.74) is -0.604. The molecular formula is C27H29ClF3N5O4. The van der Waals surface area contributed by atoms with Crippen LogP contribution >= 0.6 is 11.6 Å². The van der Waals surface area contributed by atoms with Crippen LogP contribution < -0.4 is 25.4 Å². The second-order valence-corrected chi connectivity index (χ2v) is 8.72. The van der Waals surface area contributed by atoms with Crippen LogP contribution in [0.5, 0.6) is 17.2 Å². The smallest absolute Gasteiger partial charge is 0.420 e. The van der Waals surface area contributed by atoms with Crippen LogP contribution in [0.15, 0.2) is 54.7 Å². The summed E-state index contributed by atoms with van der Waals surface area (Å²) >= 11 is 6.28. The summed E-state index contributed by atoms with van der Waals surface area (Å²) in [5.74, 6) is -0.233. The molecule has 3 rings (SSSR count). The number of nitrogens with zero attached hydrogens (tertiary/aromatic N) is 2. The molecule has 0 saturated heterocycles. The van der Waals surface area contributed by atoms with Crippen molar-refractivity contribution in [3.05, 3.63) is 71.0 Å². The number of hydrogen-bond acceptors (Lipinski definition) is 6. The molecule has 0 aliphatic carbocycles. The molecule has 0 atom stereocenters. The van der Waals surface area contributed by atoms with E-state index in [2.05, 4.69) is 20.9 Å². The molecule has 214 valence electrons. The van der Waals surface area contributed by atoms with Crippen molar-refractivity contribution < 1.29 is 32.2 Å². The van der Waals surface area contributed by atoms with Crippen LogP contribution in [0.1, 0.15) is 29.9 Å². The van der Waals surface area contributed by atoms with E-state index in [4.69, 9.17) is 21.1 Å². The van der Waals surface area contributed by atoms with E-state index in [1.807, 2.05) is 18.7 Å². The lowest BCUT2D eigenvalue weighted by Gasteiger charge is -2.21. The number of likely N-dealkylation sites (N-methyl/N-ethyl adjacent to an activating group) is 1. The molecule has 0 bridgehead atoms. The molecule has 0 spiro atoms. The van der Waals surface area contributed by atoms with Gasteiger partial charge in [-0.05, 0) is 43.4 Å². The van der Waals surface area contributed by atoms with Crippen molar-refractivity contribution in [2.45, 2.75) is 20.0 Å². The van der Waals surface area contributed by atoms with Crippen molar-refractivity contribution in [1.82, 2.24) is 15.2 Å². The number of amides is 3. The summed E-state index contributed by atoms with van der Waals surface area (Å²) in [7, 11) is 1.48. The Bertz CT molecular complexity index is 1340. The molecule has 0 radical (unpaired) electrons. The Morgan fingerprint density at radius 3 is 2.42 bits per heavy atom. The topological polar surface area (TPSA) is 105 Å². The summed E-state index contributed by atoms with van der Waals surface area (Å²) in [6, 6.07) is 10.5. The molecular weight excluding hydrogens is 551 g/mol. The summed E-state index contributed by atoms with van der Waals surface area (Å²) in [4.78, 5) is 30.4. The molecule has 0 unspecified atom stereocenters. The monoisotopic (exact) mass is 579 g/mol. The Morgan fingerprint density at radius 1 is 1.02 bits per heavy atom. The highest BCUT2D eigenvalue weighted by Gasteiger charge is 2.36. The zero-order chi connectivity index (χ0) is 29.3. The van der Waals surface area contributed by atoms with Crippen LogP contribution in [-0.4, -0.2) is 55.1 Å². The molecule has 1 heterocycles. The fourth-order valence-electron chi connectivity index (χ4n) is 3.62. The number of carbonyl (C=O) groups is 2. The lowest BCUT2D eigenvalue weighted by Crippen LogP contribution is -2.28. The van der Waals surface area contributed by atoms with Gasteiger partial charge in [0, 0.05) is 37.6 Å². The molecule has 3 N–H and O–H groups in total. The second-order valence-electron chi connectivity index (χ2n) is 8.34. The number of hydrogen-bond donors (Lipinski definition) is 3. The van der Waals surface area contributed by atoms with Crippen LogP contribution in [0.25, 0.3) is 0 Å². The average Bonchev–Trinajstić information content (AvgIpc) is 2.92. The molecule has 9 nitrogen and oxygen atoms in total. The molecule has 3 aromatic rings. The van der Waals surface area contributed by atoms with Gasteiger partial charge in [-0.3, -0.25) is 9.78 Å². The average molecular weight is 580 g/mol. The molecule has 13 heteroatoms. The van der Waals surface area contributed by atoms with E-state index in [9.17, 15) is 22.8 Å². The van der Waals surface area contributed by atoms with Crippen molar-refractivity contribution in [1.29, 1.82) is 0 Å². The van der Waals surface area contributed by atoms with Crippen LogP contribution in [-0.2, 0) is 6.18 Å². The number of rotatable bonds is 11. The highest BCUT2D eigenvalue weighted by atomic mass is 35.5. The first-order chi connectivity index (χ1) is 19.0. The maximum absolute atomic E-state index is 13.6. The van der Waals surface area contributed by atoms with E-state index in [1.54, 1.807) is 24.3 Å². The summed E-state index contributed by atoms with van der Waals surface area (Å²) in [6.07, 6.45) is -3.28. The number of urea groups is 1. The van der Waals surface area contributed by atoms with Gasteiger partial charge in [0.1, 0.15) is 28.8 Å². The predicted octanol–water partition coefficient (Wildman–Crippen LogP) is 6.27. The van der Waals surface area contributed by atoms with E-state index < -0.39 is 23.5 Å². The third kappa shape index (κ3) is 8.23. The highest BCUT2D eigenvalue weighted by Crippen LogP contribution is 2.43. The van der Waals surface area contributed by atoms with E-state index in [-0.39, 0.29) is 28.9 Å². The Morgan fingerprint density at radius 2 is 1.75 bits per heavy atom. The van der Waals surface area contributed by atoms with Gasteiger partial charge in [0.2, 0.25) is 0 Å². The van der Waals surface area contributed by atoms with E-state index in [0.717, 1.165) is 12.1 Å². The summed E-state index contributed by atoms with van der Waals surface area (Å²) in [5, 5.41) is 7.15. The van der Waals surface area contributed by atoms with E-state index >= 15 is 0 Å². The first-order valence-electron chi connectivity index (χ1n) is 12.3. The minimum Gasteiger partial charge on any atom is -0.490 e. The van der Waals surface area contributed by atoms with Crippen molar-refractivity contribution in [2.24, 2.45) is 0 Å². The molecule has 0 aliphatic rings. The van der Waals surface area contributed by atoms with Crippen molar-refractivity contribution >= 4 is 34.9 Å². The predicted molar refractivity (Wildman–Crippen MR) is 147 cm³/mol. The van der Waals surface area contributed by atoms with Gasteiger partial charge in [-0.2, -0.15) is 13.2 Å². The Labute approximate surface area is 234 Å². The van der Waals surface area contributed by atoms with Gasteiger partial charge in [0.05, 0.1) is 11.3 Å². The SMILES string of the molecule is CCN(CC)CCOc1c(C(F)(F)F)ccc(NC(=O)Nc2cccc(Oc3ccnc(C(=O)NC)c3)c2)c1Cl. The fourth-order valence-corrected chi connectivity index (χ4v) is 3.89. The number of carbonyl (C=O) groups excluding carboxylic acids is 2. The van der Waals surface area contributed by atoms with Gasteiger partial charge in [0.15, 0.2) is 5.75 Å². The zero-order valence-corrected chi connectivity index (χ0v) is 22.8. The molecule has 0 fully saturated rings. The number of aromatic nitrogens is 1. The van der Waals surface area contributed by atoms with E-state index in [1.165, 1.54) is 25.4 Å².